The normalized spacial score (nSPS) is 10.7. The van der Waals surface area contributed by atoms with Crippen molar-refractivity contribution in [2.45, 2.75) is 46.0 Å². The number of nitrogens with one attached hydrogen (secondary N) is 3. The Balaban J connectivity index is 2.52. The fourth-order valence-electron chi connectivity index (χ4n) is 1.75. The number of thiocarbonyl (C=S) groups is 1. The summed E-state index contributed by atoms with van der Waals surface area (Å²) in [6.07, 6.45) is 1.13. The number of hydrogen-bond acceptors (Lipinski definition) is 3. The second-order valence-electron chi connectivity index (χ2n) is 6.03. The molecule has 0 aliphatic carbocycles. The third-order valence-corrected chi connectivity index (χ3v) is 3.24. The minimum Gasteiger partial charge on any atom is -0.302 e. The van der Waals surface area contributed by atoms with Crippen LogP contribution < -0.4 is 16.2 Å². The molecule has 0 aliphatic rings. The molecule has 0 fully saturated rings. The predicted octanol–water partition coefficient (Wildman–Crippen LogP) is 2.42. The SMILES string of the molecule is CCCC(=O)NC(=S)NNC(=O)c1ccc(C(C)(C)C)cc1. The van der Waals surface area contributed by atoms with Crippen LogP contribution in [-0.4, -0.2) is 16.9 Å². The number of hydrazine groups is 1. The van der Waals surface area contributed by atoms with E-state index in [4.69, 9.17) is 12.2 Å². The zero-order valence-electron chi connectivity index (χ0n) is 13.4. The molecule has 0 aromatic heterocycles. The number of rotatable bonds is 3. The maximum absolute atomic E-state index is 12.0. The molecule has 0 spiro atoms. The van der Waals surface area contributed by atoms with Crippen molar-refractivity contribution in [1.29, 1.82) is 0 Å². The fourth-order valence-corrected chi connectivity index (χ4v) is 1.92. The van der Waals surface area contributed by atoms with Gasteiger partial charge in [-0.1, -0.05) is 39.8 Å². The number of carbonyl (C=O) groups excluding carboxylic acids is 2. The lowest BCUT2D eigenvalue weighted by atomic mass is 9.87. The van der Waals surface area contributed by atoms with E-state index in [1.807, 2.05) is 19.1 Å². The summed E-state index contributed by atoms with van der Waals surface area (Å²) in [4.78, 5) is 23.3. The average Bonchev–Trinajstić information content (AvgIpc) is 2.44. The molecule has 0 atom stereocenters. The summed E-state index contributed by atoms with van der Waals surface area (Å²) >= 11 is 4.92. The second-order valence-corrected chi connectivity index (χ2v) is 6.44. The Morgan fingerprint density at radius 2 is 1.68 bits per heavy atom. The quantitative estimate of drug-likeness (QED) is 0.591. The van der Waals surface area contributed by atoms with Crippen LogP contribution in [0.2, 0.25) is 0 Å². The maximum Gasteiger partial charge on any atom is 0.269 e. The zero-order valence-corrected chi connectivity index (χ0v) is 14.3. The molecule has 22 heavy (non-hydrogen) atoms. The lowest BCUT2D eigenvalue weighted by Gasteiger charge is -2.19. The van der Waals surface area contributed by atoms with E-state index in [9.17, 15) is 9.59 Å². The molecule has 120 valence electrons. The van der Waals surface area contributed by atoms with Gasteiger partial charge in [-0.25, -0.2) is 0 Å². The fraction of sp³-hybridized carbons (Fsp3) is 0.438. The Bertz CT molecular complexity index is 548. The predicted molar refractivity (Wildman–Crippen MR) is 91.4 cm³/mol. The summed E-state index contributed by atoms with van der Waals surface area (Å²) in [7, 11) is 0. The minimum absolute atomic E-state index is 0.0401. The minimum atomic E-state index is -0.312. The first-order valence-electron chi connectivity index (χ1n) is 7.24. The maximum atomic E-state index is 12.0. The van der Waals surface area contributed by atoms with Crippen LogP contribution in [0.5, 0.6) is 0 Å². The van der Waals surface area contributed by atoms with Gasteiger partial charge in [0.1, 0.15) is 0 Å². The van der Waals surface area contributed by atoms with Crippen LogP contribution in [0.4, 0.5) is 0 Å². The van der Waals surface area contributed by atoms with Crippen LogP contribution in [0.25, 0.3) is 0 Å². The van der Waals surface area contributed by atoms with Gasteiger partial charge in [0, 0.05) is 12.0 Å². The van der Waals surface area contributed by atoms with Crippen molar-refractivity contribution < 1.29 is 9.59 Å². The van der Waals surface area contributed by atoms with Crippen LogP contribution >= 0.6 is 12.2 Å². The topological polar surface area (TPSA) is 70.2 Å². The van der Waals surface area contributed by atoms with E-state index < -0.39 is 0 Å². The van der Waals surface area contributed by atoms with Crippen LogP contribution in [0.15, 0.2) is 24.3 Å². The van der Waals surface area contributed by atoms with Gasteiger partial charge in [0.15, 0.2) is 5.11 Å². The number of hydrogen-bond donors (Lipinski definition) is 3. The molecule has 0 unspecified atom stereocenters. The van der Waals surface area contributed by atoms with Gasteiger partial charge in [0.25, 0.3) is 5.91 Å². The number of carbonyl (C=O) groups is 2. The summed E-state index contributed by atoms with van der Waals surface area (Å²) in [5, 5.41) is 2.56. The molecule has 1 rings (SSSR count). The lowest BCUT2D eigenvalue weighted by molar-refractivity contribution is -0.119. The monoisotopic (exact) mass is 321 g/mol. The summed E-state index contributed by atoms with van der Waals surface area (Å²) in [6.45, 7) is 8.24. The first-order valence-corrected chi connectivity index (χ1v) is 7.65. The zero-order chi connectivity index (χ0) is 16.8. The van der Waals surface area contributed by atoms with Gasteiger partial charge >= 0.3 is 0 Å². The van der Waals surface area contributed by atoms with Gasteiger partial charge < -0.3 is 5.32 Å². The molecular weight excluding hydrogens is 298 g/mol. The third-order valence-electron chi connectivity index (χ3n) is 3.03. The molecule has 1 aromatic rings. The molecule has 0 aliphatic heterocycles. The van der Waals surface area contributed by atoms with E-state index in [-0.39, 0.29) is 22.3 Å². The van der Waals surface area contributed by atoms with Crippen molar-refractivity contribution in [2.24, 2.45) is 0 Å². The van der Waals surface area contributed by atoms with Crippen molar-refractivity contribution in [3.05, 3.63) is 35.4 Å². The van der Waals surface area contributed by atoms with Crippen molar-refractivity contribution in [1.82, 2.24) is 16.2 Å². The summed E-state index contributed by atoms with van der Waals surface area (Å²) in [5.74, 6) is -0.490. The molecule has 0 saturated heterocycles. The second kappa shape index (κ2) is 7.89. The molecule has 1 aromatic carbocycles. The Labute approximate surface area is 136 Å². The highest BCUT2D eigenvalue weighted by Gasteiger charge is 2.14. The van der Waals surface area contributed by atoms with E-state index in [0.717, 1.165) is 12.0 Å². The van der Waals surface area contributed by atoms with E-state index in [1.165, 1.54) is 0 Å². The van der Waals surface area contributed by atoms with Gasteiger partial charge in [0.2, 0.25) is 5.91 Å². The molecule has 2 amide bonds. The van der Waals surface area contributed by atoms with Gasteiger partial charge in [-0.2, -0.15) is 0 Å². The molecule has 0 heterocycles. The standard InChI is InChI=1S/C16H23N3O2S/c1-5-6-13(20)17-15(22)19-18-14(21)11-7-9-12(10-8-11)16(2,3)4/h7-10H,5-6H2,1-4H3,(H,18,21)(H2,17,19,20,22). The van der Waals surface area contributed by atoms with Crippen LogP contribution in [0.3, 0.4) is 0 Å². The Hall–Kier alpha value is -1.95. The van der Waals surface area contributed by atoms with Crippen LogP contribution in [0.1, 0.15) is 56.5 Å². The molecule has 0 bridgehead atoms. The summed E-state index contributed by atoms with van der Waals surface area (Å²) < 4.78 is 0. The molecule has 0 radical (unpaired) electrons. The van der Waals surface area contributed by atoms with Crippen molar-refractivity contribution in [2.75, 3.05) is 0 Å². The van der Waals surface area contributed by atoms with E-state index in [2.05, 4.69) is 36.9 Å². The van der Waals surface area contributed by atoms with Gasteiger partial charge in [0.05, 0.1) is 0 Å². The molecule has 6 heteroatoms. The van der Waals surface area contributed by atoms with Crippen molar-refractivity contribution >= 4 is 29.1 Å². The molecule has 5 nitrogen and oxygen atoms in total. The van der Waals surface area contributed by atoms with Gasteiger partial charge in [-0.05, 0) is 41.7 Å². The smallest absolute Gasteiger partial charge is 0.269 e. The number of amides is 2. The first kappa shape index (κ1) is 18.1. The van der Waals surface area contributed by atoms with Crippen molar-refractivity contribution in [3.63, 3.8) is 0 Å². The highest BCUT2D eigenvalue weighted by molar-refractivity contribution is 7.80. The van der Waals surface area contributed by atoms with Gasteiger partial charge in [-0.15, -0.1) is 0 Å². The largest absolute Gasteiger partial charge is 0.302 e. The van der Waals surface area contributed by atoms with Crippen molar-refractivity contribution in [3.8, 4) is 0 Å². The summed E-state index contributed by atoms with van der Waals surface area (Å²) in [5.41, 5.74) is 6.68. The molecular formula is C16H23N3O2S. The van der Waals surface area contributed by atoms with Gasteiger partial charge in [-0.3, -0.25) is 20.4 Å². The highest BCUT2D eigenvalue weighted by Crippen LogP contribution is 2.22. The molecule has 3 N–H and O–H groups in total. The Morgan fingerprint density at radius 1 is 1.09 bits per heavy atom. The summed E-state index contributed by atoms with van der Waals surface area (Å²) in [6, 6.07) is 7.37. The average molecular weight is 321 g/mol. The van der Waals surface area contributed by atoms with Crippen LogP contribution in [0, 0.1) is 0 Å². The van der Waals surface area contributed by atoms with Crippen LogP contribution in [-0.2, 0) is 10.2 Å². The van der Waals surface area contributed by atoms with E-state index >= 15 is 0 Å². The first-order chi connectivity index (χ1) is 10.2. The van der Waals surface area contributed by atoms with E-state index in [0.29, 0.717) is 12.0 Å². The highest BCUT2D eigenvalue weighted by atomic mass is 32.1. The lowest BCUT2D eigenvalue weighted by Crippen LogP contribution is -2.48. The Kier molecular flexibility index (Phi) is 6.49. The molecule has 0 saturated carbocycles. The Morgan fingerprint density at radius 3 is 2.18 bits per heavy atom. The third kappa shape index (κ3) is 5.81. The van der Waals surface area contributed by atoms with E-state index in [1.54, 1.807) is 12.1 Å². The number of benzene rings is 1.